The SMILES string of the molecule is Cc1ccc(S(=O)(=O)N(CC(C)C)C[C@@H](O)[C@@H](CC(=O)O[C@H]2CCCOCOC2)Cc2ccccc2)cc1. The van der Waals surface area contributed by atoms with Gasteiger partial charge < -0.3 is 19.3 Å². The highest BCUT2D eigenvalue weighted by atomic mass is 32.2. The molecule has 1 aliphatic rings. The van der Waals surface area contributed by atoms with E-state index < -0.39 is 28.0 Å². The van der Waals surface area contributed by atoms with E-state index in [2.05, 4.69) is 0 Å². The van der Waals surface area contributed by atoms with E-state index >= 15 is 0 Å². The Labute approximate surface area is 227 Å². The van der Waals surface area contributed by atoms with Crippen LogP contribution in [0.2, 0.25) is 0 Å². The molecule has 9 heteroatoms. The molecule has 3 atom stereocenters. The van der Waals surface area contributed by atoms with Crippen molar-refractivity contribution >= 4 is 16.0 Å². The van der Waals surface area contributed by atoms with Crippen molar-refractivity contribution in [3.63, 3.8) is 0 Å². The van der Waals surface area contributed by atoms with Gasteiger partial charge in [0.1, 0.15) is 12.9 Å². The molecule has 0 bridgehead atoms. The van der Waals surface area contributed by atoms with Crippen molar-refractivity contribution < 1.29 is 32.5 Å². The fourth-order valence-electron chi connectivity index (χ4n) is 4.49. The molecule has 1 fully saturated rings. The second-order valence-corrected chi connectivity index (χ2v) is 12.3. The molecule has 2 aromatic carbocycles. The summed E-state index contributed by atoms with van der Waals surface area (Å²) in [7, 11) is -3.84. The average Bonchev–Trinajstić information content (AvgIpc) is 2.85. The number of aliphatic hydroxyl groups excluding tert-OH is 1. The van der Waals surface area contributed by atoms with Crippen molar-refractivity contribution in [3.05, 3.63) is 65.7 Å². The number of ether oxygens (including phenoxy) is 3. The summed E-state index contributed by atoms with van der Waals surface area (Å²) in [5, 5.41) is 11.4. The maximum atomic E-state index is 13.5. The van der Waals surface area contributed by atoms with E-state index in [1.165, 1.54) is 4.31 Å². The number of aliphatic hydroxyl groups is 1. The summed E-state index contributed by atoms with van der Waals surface area (Å²) in [4.78, 5) is 13.2. The lowest BCUT2D eigenvalue weighted by atomic mass is 9.90. The Bertz CT molecular complexity index is 1080. The molecule has 0 aliphatic carbocycles. The average molecular weight is 548 g/mol. The zero-order valence-electron chi connectivity index (χ0n) is 22.6. The summed E-state index contributed by atoms with van der Waals surface area (Å²) >= 11 is 0. The molecule has 1 heterocycles. The molecule has 8 nitrogen and oxygen atoms in total. The fourth-order valence-corrected chi connectivity index (χ4v) is 6.11. The Morgan fingerprint density at radius 1 is 1.08 bits per heavy atom. The van der Waals surface area contributed by atoms with Gasteiger partial charge in [-0.3, -0.25) is 4.79 Å². The fraction of sp³-hybridized carbons (Fsp3) is 0.552. The molecular weight excluding hydrogens is 506 g/mol. The molecule has 1 saturated heterocycles. The highest BCUT2D eigenvalue weighted by Crippen LogP contribution is 2.24. The maximum Gasteiger partial charge on any atom is 0.306 e. The van der Waals surface area contributed by atoms with Crippen LogP contribution in [0, 0.1) is 18.8 Å². The molecule has 210 valence electrons. The van der Waals surface area contributed by atoms with E-state index in [4.69, 9.17) is 14.2 Å². The number of hydrogen-bond acceptors (Lipinski definition) is 7. The van der Waals surface area contributed by atoms with E-state index in [-0.39, 0.29) is 49.8 Å². The lowest BCUT2D eigenvalue weighted by Crippen LogP contribution is -2.43. The number of rotatable bonds is 12. The van der Waals surface area contributed by atoms with E-state index in [0.717, 1.165) is 17.5 Å². The number of carbonyl (C=O) groups is 1. The van der Waals surface area contributed by atoms with Gasteiger partial charge in [-0.1, -0.05) is 61.9 Å². The number of esters is 1. The summed E-state index contributed by atoms with van der Waals surface area (Å²) in [5.74, 6) is -0.925. The third-order valence-corrected chi connectivity index (χ3v) is 8.36. The van der Waals surface area contributed by atoms with Gasteiger partial charge in [0.2, 0.25) is 10.0 Å². The first-order valence-electron chi connectivity index (χ1n) is 13.3. The normalized spacial score (nSPS) is 18.5. The Kier molecular flexibility index (Phi) is 11.7. The van der Waals surface area contributed by atoms with Crippen molar-refractivity contribution in [2.45, 2.75) is 63.6 Å². The Morgan fingerprint density at radius 2 is 1.79 bits per heavy atom. The Morgan fingerprint density at radius 3 is 2.47 bits per heavy atom. The van der Waals surface area contributed by atoms with Gasteiger partial charge in [-0.25, -0.2) is 8.42 Å². The lowest BCUT2D eigenvalue weighted by Gasteiger charge is -2.30. The molecule has 0 amide bonds. The summed E-state index contributed by atoms with van der Waals surface area (Å²) in [6, 6.07) is 16.3. The van der Waals surface area contributed by atoms with Gasteiger partial charge in [0.05, 0.1) is 24.0 Å². The first-order chi connectivity index (χ1) is 18.1. The molecule has 0 unspecified atom stereocenters. The van der Waals surface area contributed by atoms with E-state index in [1.807, 2.05) is 51.1 Å². The van der Waals surface area contributed by atoms with Crippen LogP contribution in [0.1, 0.15) is 44.2 Å². The van der Waals surface area contributed by atoms with Crippen LogP contribution in [-0.4, -0.2) is 69.1 Å². The van der Waals surface area contributed by atoms with Crippen LogP contribution in [0.25, 0.3) is 0 Å². The van der Waals surface area contributed by atoms with Crippen molar-refractivity contribution in [2.75, 3.05) is 33.1 Å². The highest BCUT2D eigenvalue weighted by Gasteiger charge is 2.32. The smallest absolute Gasteiger partial charge is 0.306 e. The Hall–Kier alpha value is -2.30. The van der Waals surface area contributed by atoms with E-state index in [0.29, 0.717) is 19.4 Å². The van der Waals surface area contributed by atoms with Crippen LogP contribution < -0.4 is 0 Å². The van der Waals surface area contributed by atoms with Gasteiger partial charge in [0.25, 0.3) is 0 Å². The first-order valence-corrected chi connectivity index (χ1v) is 14.7. The van der Waals surface area contributed by atoms with Gasteiger partial charge in [0, 0.05) is 25.6 Å². The molecule has 2 aromatic rings. The zero-order chi connectivity index (χ0) is 27.5. The lowest BCUT2D eigenvalue weighted by molar-refractivity contribution is -0.161. The maximum absolute atomic E-state index is 13.5. The van der Waals surface area contributed by atoms with Crippen molar-refractivity contribution in [2.24, 2.45) is 11.8 Å². The highest BCUT2D eigenvalue weighted by molar-refractivity contribution is 7.89. The van der Waals surface area contributed by atoms with Crippen molar-refractivity contribution in [3.8, 4) is 0 Å². The number of benzene rings is 2. The van der Waals surface area contributed by atoms with Gasteiger partial charge in [0.15, 0.2) is 0 Å². The second-order valence-electron chi connectivity index (χ2n) is 10.4. The standard InChI is InChI=1S/C29H41NO7S/c1-22(2)18-30(38(33,34)27-13-11-23(3)12-14-27)19-28(31)25(16-24-8-5-4-6-9-24)17-29(32)37-26-10-7-15-35-21-36-20-26/h4-6,8-9,11-14,22,25-26,28,31H,7,10,15-21H2,1-3H3/t25-,26+,28-/m1/s1. The van der Waals surface area contributed by atoms with Crippen LogP contribution in [-0.2, 0) is 35.4 Å². The van der Waals surface area contributed by atoms with Crippen LogP contribution in [0.15, 0.2) is 59.5 Å². The Balaban J connectivity index is 1.78. The molecule has 0 radical (unpaired) electrons. The van der Waals surface area contributed by atoms with Gasteiger partial charge >= 0.3 is 5.97 Å². The summed E-state index contributed by atoms with van der Waals surface area (Å²) < 4.78 is 44.8. The minimum absolute atomic E-state index is 0.0385. The van der Waals surface area contributed by atoms with Crippen molar-refractivity contribution in [1.29, 1.82) is 0 Å². The van der Waals surface area contributed by atoms with Gasteiger partial charge in [-0.15, -0.1) is 0 Å². The second kappa shape index (κ2) is 14.7. The quantitative estimate of drug-likeness (QED) is 0.402. The van der Waals surface area contributed by atoms with Crippen LogP contribution >= 0.6 is 0 Å². The summed E-state index contributed by atoms with van der Waals surface area (Å²) in [6.45, 7) is 6.87. The van der Waals surface area contributed by atoms with E-state index in [1.54, 1.807) is 24.3 Å². The van der Waals surface area contributed by atoms with Gasteiger partial charge in [-0.05, 0) is 49.8 Å². The zero-order valence-corrected chi connectivity index (χ0v) is 23.4. The molecular formula is C29H41NO7S. The predicted molar refractivity (Wildman–Crippen MR) is 145 cm³/mol. The summed E-state index contributed by atoms with van der Waals surface area (Å²) in [6.07, 6.45) is 0.312. The molecule has 0 aromatic heterocycles. The number of carbonyl (C=O) groups excluding carboxylic acids is 1. The van der Waals surface area contributed by atoms with E-state index in [9.17, 15) is 18.3 Å². The molecule has 38 heavy (non-hydrogen) atoms. The van der Waals surface area contributed by atoms with Crippen LogP contribution in [0.3, 0.4) is 0 Å². The third-order valence-electron chi connectivity index (χ3n) is 6.52. The largest absolute Gasteiger partial charge is 0.460 e. The minimum atomic E-state index is -3.84. The molecule has 3 rings (SSSR count). The molecule has 1 N–H and O–H groups in total. The number of aryl methyl sites for hydroxylation is 1. The van der Waals surface area contributed by atoms with Crippen LogP contribution in [0.5, 0.6) is 0 Å². The third kappa shape index (κ3) is 9.47. The number of nitrogens with zero attached hydrogens (tertiary/aromatic N) is 1. The molecule has 0 spiro atoms. The summed E-state index contributed by atoms with van der Waals surface area (Å²) in [5.41, 5.74) is 1.91. The van der Waals surface area contributed by atoms with Gasteiger partial charge in [-0.2, -0.15) is 4.31 Å². The molecule has 0 saturated carbocycles. The molecule has 1 aliphatic heterocycles. The monoisotopic (exact) mass is 547 g/mol. The first kappa shape index (κ1) is 30.2. The van der Waals surface area contributed by atoms with Crippen molar-refractivity contribution in [1.82, 2.24) is 4.31 Å². The predicted octanol–water partition coefficient (Wildman–Crippen LogP) is 3.95. The minimum Gasteiger partial charge on any atom is -0.460 e. The van der Waals surface area contributed by atoms with Crippen LogP contribution in [0.4, 0.5) is 0 Å². The number of sulfonamides is 1. The topological polar surface area (TPSA) is 102 Å². The number of hydrogen-bond donors (Lipinski definition) is 1.